The Morgan fingerprint density at radius 1 is 1.23 bits per heavy atom. The van der Waals surface area contributed by atoms with Gasteiger partial charge in [-0.05, 0) is 31.5 Å². The van der Waals surface area contributed by atoms with Crippen LogP contribution in [0.15, 0.2) is 0 Å². The summed E-state index contributed by atoms with van der Waals surface area (Å²) in [6, 6.07) is 0. The van der Waals surface area contributed by atoms with Crippen molar-refractivity contribution < 1.29 is 14.8 Å². The molecule has 1 aliphatic heterocycles. The Kier molecular flexibility index (Phi) is 2.63. The van der Waals surface area contributed by atoms with Crippen molar-refractivity contribution in [1.82, 2.24) is 0 Å². The van der Waals surface area contributed by atoms with E-state index >= 15 is 0 Å². The average molecular weight is 184 g/mol. The van der Waals surface area contributed by atoms with Crippen molar-refractivity contribution in [1.29, 1.82) is 0 Å². The molecule has 0 aromatic rings. The summed E-state index contributed by atoms with van der Waals surface area (Å²) >= 11 is 0. The maximum absolute atomic E-state index is 9.12. The molecule has 2 fully saturated rings. The van der Waals surface area contributed by atoms with Crippen molar-refractivity contribution in [2.45, 2.75) is 49.9 Å². The minimum Gasteiger partial charge on any atom is -0.427 e. The fourth-order valence-corrected chi connectivity index (χ4v) is 2.69. The molecular formula is C9H17BO3. The Morgan fingerprint density at radius 3 is 2.54 bits per heavy atom. The van der Waals surface area contributed by atoms with Crippen molar-refractivity contribution in [2.24, 2.45) is 0 Å². The molecule has 3 nitrogen and oxygen atoms in total. The molecule has 2 N–H and O–H groups in total. The Bertz CT molecular complexity index is 178. The van der Waals surface area contributed by atoms with Gasteiger partial charge < -0.3 is 14.8 Å². The van der Waals surface area contributed by atoms with E-state index < -0.39 is 7.12 Å². The predicted octanol–water partition coefficient (Wildman–Crippen LogP) is 0.953. The predicted molar refractivity (Wildman–Crippen MR) is 50.3 cm³/mol. The monoisotopic (exact) mass is 184 g/mol. The first-order valence-corrected chi connectivity index (χ1v) is 5.22. The van der Waals surface area contributed by atoms with Gasteiger partial charge >= 0.3 is 7.12 Å². The third-order valence-corrected chi connectivity index (χ3v) is 3.47. The van der Waals surface area contributed by atoms with E-state index in [1.54, 1.807) is 0 Å². The molecule has 0 radical (unpaired) electrons. The van der Waals surface area contributed by atoms with Crippen LogP contribution in [0.5, 0.6) is 0 Å². The van der Waals surface area contributed by atoms with Gasteiger partial charge in [-0.3, -0.25) is 0 Å². The molecule has 1 aliphatic carbocycles. The van der Waals surface area contributed by atoms with E-state index in [0.29, 0.717) is 6.61 Å². The topological polar surface area (TPSA) is 49.7 Å². The molecule has 0 aromatic carbocycles. The maximum Gasteiger partial charge on any atom is 0.454 e. The highest BCUT2D eigenvalue weighted by molar-refractivity contribution is 6.43. The zero-order chi connectivity index (χ0) is 9.31. The fraction of sp³-hybridized carbons (Fsp3) is 1.00. The third kappa shape index (κ3) is 1.90. The highest BCUT2D eigenvalue weighted by atomic mass is 16.5. The van der Waals surface area contributed by atoms with E-state index in [2.05, 4.69) is 0 Å². The smallest absolute Gasteiger partial charge is 0.427 e. The van der Waals surface area contributed by atoms with Gasteiger partial charge in [-0.15, -0.1) is 0 Å². The second-order valence-corrected chi connectivity index (χ2v) is 4.41. The van der Waals surface area contributed by atoms with Gasteiger partial charge in [0.2, 0.25) is 0 Å². The van der Waals surface area contributed by atoms with Crippen LogP contribution in [0.2, 0.25) is 5.82 Å². The zero-order valence-corrected chi connectivity index (χ0v) is 7.91. The lowest BCUT2D eigenvalue weighted by atomic mass is 9.64. The third-order valence-electron chi connectivity index (χ3n) is 3.47. The van der Waals surface area contributed by atoms with Gasteiger partial charge in [-0.2, -0.15) is 0 Å². The molecule has 0 bridgehead atoms. The molecule has 0 amide bonds. The molecular weight excluding hydrogens is 167 g/mol. The van der Waals surface area contributed by atoms with Crippen LogP contribution in [0, 0.1) is 0 Å². The Morgan fingerprint density at radius 2 is 1.92 bits per heavy atom. The maximum atomic E-state index is 9.12. The molecule has 74 valence electrons. The van der Waals surface area contributed by atoms with Crippen LogP contribution in [0.1, 0.15) is 38.5 Å². The highest BCUT2D eigenvalue weighted by Crippen LogP contribution is 2.44. The lowest BCUT2D eigenvalue weighted by molar-refractivity contribution is -0.0755. The van der Waals surface area contributed by atoms with Crippen molar-refractivity contribution in [3.05, 3.63) is 0 Å². The summed E-state index contributed by atoms with van der Waals surface area (Å²) in [6.07, 6.45) is 6.30. The molecule has 2 rings (SSSR count). The Balaban J connectivity index is 1.98. The minimum absolute atomic E-state index is 0.00657. The molecule has 1 heterocycles. The summed E-state index contributed by atoms with van der Waals surface area (Å²) in [5.41, 5.74) is 0.00657. The van der Waals surface area contributed by atoms with Crippen molar-refractivity contribution >= 4 is 7.12 Å². The normalized spacial score (nSPS) is 32.3. The lowest BCUT2D eigenvalue weighted by Gasteiger charge is -2.37. The minimum atomic E-state index is -1.15. The Labute approximate surface area is 79.2 Å². The average Bonchev–Trinajstić information content (AvgIpc) is 2.53. The van der Waals surface area contributed by atoms with Gasteiger partial charge in [0.25, 0.3) is 0 Å². The molecule has 13 heavy (non-hydrogen) atoms. The number of hydrogen-bond donors (Lipinski definition) is 2. The molecule has 1 saturated carbocycles. The van der Waals surface area contributed by atoms with Gasteiger partial charge in [0.15, 0.2) is 0 Å². The quantitative estimate of drug-likeness (QED) is 0.596. The summed E-state index contributed by atoms with van der Waals surface area (Å²) < 4.78 is 5.78. The van der Waals surface area contributed by atoms with E-state index in [4.69, 9.17) is 14.8 Å². The first-order valence-electron chi connectivity index (χ1n) is 5.22. The molecule has 0 aromatic heterocycles. The van der Waals surface area contributed by atoms with Crippen molar-refractivity contribution in [3.8, 4) is 0 Å². The number of ether oxygens (including phenoxy) is 1. The van der Waals surface area contributed by atoms with Crippen LogP contribution in [-0.4, -0.2) is 29.4 Å². The van der Waals surface area contributed by atoms with E-state index in [9.17, 15) is 0 Å². The standard InChI is InChI=1S/C9H17BO3/c11-10(12)8-3-6-13-9(7-8)4-1-2-5-9/h8,11-12H,1-7H2. The van der Waals surface area contributed by atoms with E-state index in [1.165, 1.54) is 12.8 Å². The van der Waals surface area contributed by atoms with Crippen LogP contribution in [-0.2, 0) is 4.74 Å². The van der Waals surface area contributed by atoms with E-state index in [-0.39, 0.29) is 11.4 Å². The molecule has 1 atom stereocenters. The molecule has 2 aliphatic rings. The molecule has 4 heteroatoms. The van der Waals surface area contributed by atoms with E-state index in [0.717, 1.165) is 25.7 Å². The molecule has 1 unspecified atom stereocenters. The lowest BCUT2D eigenvalue weighted by Crippen LogP contribution is -2.39. The zero-order valence-electron chi connectivity index (χ0n) is 7.91. The largest absolute Gasteiger partial charge is 0.454 e. The number of hydrogen-bond acceptors (Lipinski definition) is 3. The van der Waals surface area contributed by atoms with Gasteiger partial charge in [-0.25, -0.2) is 0 Å². The van der Waals surface area contributed by atoms with Crippen LogP contribution in [0.3, 0.4) is 0 Å². The highest BCUT2D eigenvalue weighted by Gasteiger charge is 2.42. The van der Waals surface area contributed by atoms with Gasteiger partial charge in [0, 0.05) is 6.61 Å². The summed E-state index contributed by atoms with van der Waals surface area (Å²) in [5.74, 6) is 0.0341. The molecule has 1 saturated heterocycles. The van der Waals surface area contributed by atoms with Crippen LogP contribution in [0.25, 0.3) is 0 Å². The first kappa shape index (κ1) is 9.50. The van der Waals surface area contributed by atoms with Gasteiger partial charge in [0.1, 0.15) is 0 Å². The second kappa shape index (κ2) is 3.60. The summed E-state index contributed by atoms with van der Waals surface area (Å²) in [4.78, 5) is 0. The van der Waals surface area contributed by atoms with E-state index in [1.807, 2.05) is 0 Å². The van der Waals surface area contributed by atoms with Gasteiger partial charge in [-0.1, -0.05) is 12.8 Å². The van der Waals surface area contributed by atoms with Crippen LogP contribution < -0.4 is 0 Å². The van der Waals surface area contributed by atoms with Crippen LogP contribution >= 0.6 is 0 Å². The first-order chi connectivity index (χ1) is 6.22. The number of rotatable bonds is 1. The van der Waals surface area contributed by atoms with Crippen molar-refractivity contribution in [2.75, 3.05) is 6.61 Å². The fourth-order valence-electron chi connectivity index (χ4n) is 2.69. The second-order valence-electron chi connectivity index (χ2n) is 4.41. The summed E-state index contributed by atoms with van der Waals surface area (Å²) in [5, 5.41) is 18.2. The SMILES string of the molecule is OB(O)C1CCOC2(CCCC2)C1. The van der Waals surface area contributed by atoms with Crippen molar-refractivity contribution in [3.63, 3.8) is 0 Å². The summed E-state index contributed by atoms with van der Waals surface area (Å²) in [6.45, 7) is 0.697. The Hall–Kier alpha value is -0.0551. The summed E-state index contributed by atoms with van der Waals surface area (Å²) in [7, 11) is -1.15. The van der Waals surface area contributed by atoms with Crippen LogP contribution in [0.4, 0.5) is 0 Å². The molecule has 1 spiro atoms. The van der Waals surface area contributed by atoms with Gasteiger partial charge in [0.05, 0.1) is 5.60 Å².